The average molecular weight is 447 g/mol. The number of ether oxygens (including phenoxy) is 4. The number of carbonyl (C=O) groups excluding carboxylic acids is 1. The number of nitrogens with one attached hydrogen (secondary N) is 2. The monoisotopic (exact) mass is 446 g/mol. The molecule has 10 nitrogen and oxygen atoms in total. The zero-order valence-corrected chi connectivity index (χ0v) is 17.1. The van der Waals surface area contributed by atoms with Gasteiger partial charge in [0.15, 0.2) is 11.8 Å². The van der Waals surface area contributed by atoms with Crippen molar-refractivity contribution in [3.63, 3.8) is 0 Å². The van der Waals surface area contributed by atoms with E-state index in [1.54, 1.807) is 30.3 Å². The fraction of sp³-hybridized carbons (Fsp3) is 0.350. The summed E-state index contributed by atoms with van der Waals surface area (Å²) in [5.74, 6) is 0.437. The van der Waals surface area contributed by atoms with Gasteiger partial charge in [0, 0.05) is 18.7 Å². The minimum absolute atomic E-state index is 0.165. The van der Waals surface area contributed by atoms with Crippen LogP contribution < -0.4 is 14.8 Å². The fourth-order valence-corrected chi connectivity index (χ4v) is 3.84. The van der Waals surface area contributed by atoms with Crippen molar-refractivity contribution in [3.8, 4) is 17.6 Å². The molecule has 2 saturated heterocycles. The molecule has 31 heavy (non-hydrogen) atoms. The number of benzene rings is 1. The predicted molar refractivity (Wildman–Crippen MR) is 110 cm³/mol. The van der Waals surface area contributed by atoms with Crippen molar-refractivity contribution >= 4 is 34.4 Å². The summed E-state index contributed by atoms with van der Waals surface area (Å²) in [6.07, 6.45) is -1.80. The molecule has 1 amide bonds. The van der Waals surface area contributed by atoms with Gasteiger partial charge in [-0.05, 0) is 18.2 Å². The summed E-state index contributed by atoms with van der Waals surface area (Å²) in [5, 5.41) is 12.8. The third kappa shape index (κ3) is 4.02. The highest BCUT2D eigenvalue weighted by Gasteiger charge is 2.48. The van der Waals surface area contributed by atoms with Gasteiger partial charge in [0.25, 0.3) is 6.01 Å². The number of carbonyl (C=O) groups is 1. The molecule has 2 aliphatic heterocycles. The molecule has 162 valence electrons. The maximum absolute atomic E-state index is 11.2. The van der Waals surface area contributed by atoms with Crippen LogP contribution in [0.15, 0.2) is 30.3 Å². The molecule has 2 aliphatic rings. The lowest BCUT2D eigenvalue weighted by molar-refractivity contribution is -0.114. The molecule has 3 N–H and O–H groups in total. The number of anilines is 1. The Morgan fingerprint density at radius 1 is 1.26 bits per heavy atom. The van der Waals surface area contributed by atoms with E-state index >= 15 is 0 Å². The third-order valence-electron chi connectivity index (χ3n) is 4.99. The van der Waals surface area contributed by atoms with Crippen LogP contribution in [0.1, 0.15) is 6.92 Å². The molecule has 0 aliphatic carbocycles. The number of aliphatic hydroxyl groups excluding tert-OH is 1. The number of nitrogens with zero attached hydrogens (tertiary/aromatic N) is 2. The van der Waals surface area contributed by atoms with E-state index in [1.165, 1.54) is 6.92 Å². The first kappa shape index (κ1) is 20.0. The van der Waals surface area contributed by atoms with E-state index in [-0.39, 0.29) is 42.1 Å². The quantitative estimate of drug-likeness (QED) is 0.544. The average Bonchev–Trinajstić information content (AvgIpc) is 3.39. The van der Waals surface area contributed by atoms with E-state index < -0.39 is 18.3 Å². The molecule has 0 radical (unpaired) electrons. The molecule has 4 heterocycles. The van der Waals surface area contributed by atoms with Crippen molar-refractivity contribution in [3.05, 3.63) is 35.4 Å². The Balaban J connectivity index is 1.34. The lowest BCUT2D eigenvalue weighted by Crippen LogP contribution is -2.34. The Hall–Kier alpha value is -2.92. The number of aliphatic hydroxyl groups is 1. The van der Waals surface area contributed by atoms with Gasteiger partial charge >= 0.3 is 0 Å². The summed E-state index contributed by atoms with van der Waals surface area (Å²) in [6.45, 7) is 1.93. The van der Waals surface area contributed by atoms with E-state index in [9.17, 15) is 9.90 Å². The summed E-state index contributed by atoms with van der Waals surface area (Å²) >= 11 is 6.33. The first-order valence-electron chi connectivity index (χ1n) is 9.66. The maximum atomic E-state index is 11.2. The Labute approximate surface area is 181 Å². The molecule has 0 bridgehead atoms. The minimum atomic E-state index is -0.654. The molecule has 2 fully saturated rings. The van der Waals surface area contributed by atoms with Crippen molar-refractivity contribution < 1.29 is 28.8 Å². The van der Waals surface area contributed by atoms with Crippen molar-refractivity contribution in [1.29, 1.82) is 0 Å². The van der Waals surface area contributed by atoms with E-state index in [1.807, 2.05) is 0 Å². The number of rotatable bonds is 5. The number of aromatic amines is 1. The lowest BCUT2D eigenvalue weighted by atomic mass is 10.1. The van der Waals surface area contributed by atoms with E-state index in [0.717, 1.165) is 0 Å². The van der Waals surface area contributed by atoms with Gasteiger partial charge in [0.1, 0.15) is 29.1 Å². The van der Waals surface area contributed by atoms with Crippen molar-refractivity contribution in [2.45, 2.75) is 31.3 Å². The van der Waals surface area contributed by atoms with Gasteiger partial charge in [-0.15, -0.1) is 0 Å². The van der Waals surface area contributed by atoms with Gasteiger partial charge in [0.05, 0.1) is 18.7 Å². The number of hydrogen-bond acceptors (Lipinski definition) is 8. The Kier molecular flexibility index (Phi) is 5.14. The van der Waals surface area contributed by atoms with Crippen molar-refractivity contribution in [1.82, 2.24) is 15.0 Å². The summed E-state index contributed by atoms with van der Waals surface area (Å²) in [4.78, 5) is 23.0. The molecule has 4 atom stereocenters. The highest BCUT2D eigenvalue weighted by Crippen LogP contribution is 2.33. The zero-order valence-electron chi connectivity index (χ0n) is 16.4. The standard InChI is InChI=1S/C20H19ClN4O6/c1-9(26)22-10-3-2-4-11(5-10)30-19-12(21)6-13-18(24-19)25-20(23-13)31-15-8-29-16-14(27)7-28-17(15)16/h2-6,14-17,27H,7-8H2,1H3,(H,22,26)(H,23,24,25)/t14-,15-,16?,17-/m1/s1. The van der Waals surface area contributed by atoms with Gasteiger partial charge in [-0.2, -0.15) is 9.97 Å². The Morgan fingerprint density at radius 3 is 2.94 bits per heavy atom. The summed E-state index contributed by atoms with van der Waals surface area (Å²) in [6, 6.07) is 8.75. The zero-order chi connectivity index (χ0) is 21.5. The van der Waals surface area contributed by atoms with E-state index in [0.29, 0.717) is 22.6 Å². The number of fused-ring (bicyclic) bond motifs is 2. The number of pyridine rings is 1. The Morgan fingerprint density at radius 2 is 2.10 bits per heavy atom. The van der Waals surface area contributed by atoms with Crippen LogP contribution in [0.25, 0.3) is 11.2 Å². The van der Waals surface area contributed by atoms with Crippen molar-refractivity contribution in [2.75, 3.05) is 18.5 Å². The number of amides is 1. The fourth-order valence-electron chi connectivity index (χ4n) is 3.65. The molecule has 0 spiro atoms. The SMILES string of the molecule is CC(=O)Nc1cccc(Oc2nc3nc(O[C@@H]4COC5[C@H](O)CO[C@@H]54)[nH]c3cc2Cl)c1. The third-order valence-corrected chi connectivity index (χ3v) is 5.26. The second kappa shape index (κ2) is 7.97. The minimum Gasteiger partial charge on any atom is -0.456 e. The molecule has 1 unspecified atom stereocenters. The molecule has 1 aromatic carbocycles. The number of aromatic nitrogens is 3. The van der Waals surface area contributed by atoms with E-state index in [2.05, 4.69) is 20.3 Å². The maximum Gasteiger partial charge on any atom is 0.296 e. The lowest BCUT2D eigenvalue weighted by Gasteiger charge is -2.15. The van der Waals surface area contributed by atoms with Gasteiger partial charge in [-0.3, -0.25) is 4.79 Å². The van der Waals surface area contributed by atoms with Gasteiger partial charge in [0.2, 0.25) is 11.8 Å². The highest BCUT2D eigenvalue weighted by molar-refractivity contribution is 6.32. The molecule has 3 aromatic rings. The van der Waals surface area contributed by atoms with Crippen LogP contribution in [0.3, 0.4) is 0 Å². The summed E-state index contributed by atoms with van der Waals surface area (Å²) in [7, 11) is 0. The molecular weight excluding hydrogens is 428 g/mol. The Bertz CT molecular complexity index is 1140. The molecule has 11 heteroatoms. The second-order valence-electron chi connectivity index (χ2n) is 7.32. The van der Waals surface area contributed by atoms with Crippen LogP contribution in [0, 0.1) is 0 Å². The number of imidazole rings is 1. The van der Waals surface area contributed by atoms with Crippen LogP contribution in [-0.2, 0) is 14.3 Å². The van der Waals surface area contributed by atoms with Crippen LogP contribution in [0.5, 0.6) is 17.6 Å². The van der Waals surface area contributed by atoms with Gasteiger partial charge < -0.3 is 34.4 Å². The topological polar surface area (TPSA) is 128 Å². The van der Waals surface area contributed by atoms with Crippen LogP contribution in [0.4, 0.5) is 5.69 Å². The van der Waals surface area contributed by atoms with Crippen molar-refractivity contribution in [2.24, 2.45) is 0 Å². The van der Waals surface area contributed by atoms with E-state index in [4.69, 9.17) is 30.5 Å². The normalized spacial score (nSPS) is 24.9. The highest BCUT2D eigenvalue weighted by atomic mass is 35.5. The number of H-pyrrole nitrogens is 1. The van der Waals surface area contributed by atoms with Crippen LogP contribution in [0.2, 0.25) is 5.02 Å². The van der Waals surface area contributed by atoms with Crippen LogP contribution in [-0.4, -0.2) is 63.6 Å². The number of halogens is 1. The van der Waals surface area contributed by atoms with Gasteiger partial charge in [-0.1, -0.05) is 17.7 Å². The summed E-state index contributed by atoms with van der Waals surface area (Å²) < 4.78 is 22.8. The smallest absolute Gasteiger partial charge is 0.296 e. The first-order valence-corrected chi connectivity index (χ1v) is 10.0. The van der Waals surface area contributed by atoms with Crippen LogP contribution >= 0.6 is 11.6 Å². The molecule has 5 rings (SSSR count). The largest absolute Gasteiger partial charge is 0.456 e. The molecule has 2 aromatic heterocycles. The first-order chi connectivity index (χ1) is 15.0. The molecule has 0 saturated carbocycles. The number of hydrogen-bond donors (Lipinski definition) is 3. The second-order valence-corrected chi connectivity index (χ2v) is 7.73. The predicted octanol–water partition coefficient (Wildman–Crippen LogP) is 2.27. The molecular formula is C20H19ClN4O6. The summed E-state index contributed by atoms with van der Waals surface area (Å²) in [5.41, 5.74) is 1.52. The van der Waals surface area contributed by atoms with Gasteiger partial charge in [-0.25, -0.2) is 0 Å².